The van der Waals surface area contributed by atoms with E-state index in [9.17, 15) is 14.9 Å². The van der Waals surface area contributed by atoms with Gasteiger partial charge in [0.2, 0.25) is 0 Å². The third-order valence-electron chi connectivity index (χ3n) is 3.01. The topological polar surface area (TPSA) is 102 Å². The van der Waals surface area contributed by atoms with Crippen LogP contribution in [0.25, 0.3) is 0 Å². The van der Waals surface area contributed by atoms with Crippen molar-refractivity contribution in [3.8, 4) is 5.75 Å². The van der Waals surface area contributed by atoms with Crippen molar-refractivity contribution in [3.05, 3.63) is 28.3 Å². The van der Waals surface area contributed by atoms with Gasteiger partial charge in [0, 0.05) is 6.54 Å². The molecule has 7 heteroatoms. The number of hydrogen-bond donors (Lipinski definition) is 2. The summed E-state index contributed by atoms with van der Waals surface area (Å²) in [5.41, 5.74) is 0.105. The number of anilines is 1. The quantitative estimate of drug-likeness (QED) is 0.536. The Morgan fingerprint density at radius 1 is 1.48 bits per heavy atom. The SMILES string of the molecule is CCCC(CNc1cccc(OCC)c1[N+](=O)[O-])C(=O)O. The van der Waals surface area contributed by atoms with Crippen LogP contribution in [0.4, 0.5) is 11.4 Å². The van der Waals surface area contributed by atoms with Crippen LogP contribution in [0.5, 0.6) is 5.75 Å². The fraction of sp³-hybridized carbons (Fsp3) is 0.500. The van der Waals surface area contributed by atoms with Crippen molar-refractivity contribution in [2.24, 2.45) is 5.92 Å². The Labute approximate surface area is 123 Å². The lowest BCUT2D eigenvalue weighted by atomic mass is 10.0. The first-order valence-electron chi connectivity index (χ1n) is 6.88. The fourth-order valence-electron chi connectivity index (χ4n) is 2.02. The zero-order chi connectivity index (χ0) is 15.8. The lowest BCUT2D eigenvalue weighted by Crippen LogP contribution is -2.23. The highest BCUT2D eigenvalue weighted by Crippen LogP contribution is 2.34. The third-order valence-corrected chi connectivity index (χ3v) is 3.01. The number of ether oxygens (including phenoxy) is 1. The second kappa shape index (κ2) is 8.08. The molecular formula is C14H20N2O5. The number of rotatable bonds is 9. The Bertz CT molecular complexity index is 504. The summed E-state index contributed by atoms with van der Waals surface area (Å²) in [6, 6.07) is 4.70. The van der Waals surface area contributed by atoms with Crippen molar-refractivity contribution in [1.29, 1.82) is 0 Å². The molecule has 116 valence electrons. The smallest absolute Gasteiger partial charge is 0.333 e. The summed E-state index contributed by atoms with van der Waals surface area (Å²) < 4.78 is 5.24. The minimum absolute atomic E-state index is 0.138. The van der Waals surface area contributed by atoms with Crippen LogP contribution in [0.2, 0.25) is 0 Å². The molecule has 0 saturated heterocycles. The van der Waals surface area contributed by atoms with E-state index in [1.165, 1.54) is 6.07 Å². The average Bonchev–Trinajstić information content (AvgIpc) is 2.43. The van der Waals surface area contributed by atoms with E-state index >= 15 is 0 Å². The summed E-state index contributed by atoms with van der Waals surface area (Å²) in [7, 11) is 0. The normalized spacial score (nSPS) is 11.7. The standard InChI is InChI=1S/C14H20N2O5/c1-3-6-10(14(17)18)9-15-11-7-5-8-12(21-4-2)13(11)16(19)20/h5,7-8,10,15H,3-4,6,9H2,1-2H3,(H,17,18). The molecule has 0 fully saturated rings. The number of para-hydroxylation sites is 1. The first kappa shape index (κ1) is 16.7. The van der Waals surface area contributed by atoms with Crippen LogP contribution >= 0.6 is 0 Å². The number of hydrogen-bond acceptors (Lipinski definition) is 5. The molecule has 0 spiro atoms. The second-order valence-electron chi connectivity index (χ2n) is 4.55. The lowest BCUT2D eigenvalue weighted by Gasteiger charge is -2.14. The number of nitrogens with one attached hydrogen (secondary N) is 1. The van der Waals surface area contributed by atoms with Gasteiger partial charge in [0.25, 0.3) is 0 Å². The van der Waals surface area contributed by atoms with Gasteiger partial charge in [0.15, 0.2) is 5.75 Å². The van der Waals surface area contributed by atoms with E-state index in [1.54, 1.807) is 19.1 Å². The maximum atomic E-state index is 11.2. The summed E-state index contributed by atoms with van der Waals surface area (Å²) in [6.07, 6.45) is 1.25. The van der Waals surface area contributed by atoms with Crippen molar-refractivity contribution in [1.82, 2.24) is 0 Å². The summed E-state index contributed by atoms with van der Waals surface area (Å²) in [4.78, 5) is 21.8. The number of nitro groups is 1. The van der Waals surface area contributed by atoms with Crippen molar-refractivity contribution in [3.63, 3.8) is 0 Å². The first-order chi connectivity index (χ1) is 10.0. The van der Waals surface area contributed by atoms with Gasteiger partial charge in [0.05, 0.1) is 17.4 Å². The molecule has 0 amide bonds. The van der Waals surface area contributed by atoms with Gasteiger partial charge in [-0.05, 0) is 25.5 Å². The summed E-state index contributed by atoms with van der Waals surface area (Å²) in [5, 5.41) is 23.1. The summed E-state index contributed by atoms with van der Waals surface area (Å²) in [6.45, 7) is 4.09. The predicted molar refractivity (Wildman–Crippen MR) is 78.8 cm³/mol. The number of nitro benzene ring substituents is 1. The van der Waals surface area contributed by atoms with Crippen LogP contribution < -0.4 is 10.1 Å². The number of carboxylic acids is 1. The second-order valence-corrected chi connectivity index (χ2v) is 4.55. The molecule has 0 aliphatic heterocycles. The molecule has 0 heterocycles. The molecule has 0 aliphatic carbocycles. The highest BCUT2D eigenvalue weighted by Gasteiger charge is 2.23. The van der Waals surface area contributed by atoms with Crippen molar-refractivity contribution >= 4 is 17.3 Å². The molecule has 1 aromatic carbocycles. The highest BCUT2D eigenvalue weighted by molar-refractivity contribution is 5.72. The molecule has 7 nitrogen and oxygen atoms in total. The molecule has 2 N–H and O–H groups in total. The number of carbonyl (C=O) groups is 1. The van der Waals surface area contributed by atoms with Crippen LogP contribution in [0, 0.1) is 16.0 Å². The van der Waals surface area contributed by atoms with E-state index < -0.39 is 16.8 Å². The van der Waals surface area contributed by atoms with Crippen molar-refractivity contribution in [2.45, 2.75) is 26.7 Å². The molecular weight excluding hydrogens is 276 g/mol. The maximum absolute atomic E-state index is 11.2. The Morgan fingerprint density at radius 2 is 2.19 bits per heavy atom. The van der Waals surface area contributed by atoms with E-state index in [0.717, 1.165) is 6.42 Å². The molecule has 0 bridgehead atoms. The lowest BCUT2D eigenvalue weighted by molar-refractivity contribution is -0.384. The molecule has 0 aromatic heterocycles. The molecule has 1 rings (SSSR count). The Hall–Kier alpha value is -2.31. The molecule has 0 radical (unpaired) electrons. The molecule has 0 saturated carbocycles. The molecule has 1 unspecified atom stereocenters. The predicted octanol–water partition coefficient (Wildman–Crippen LogP) is 2.91. The van der Waals surface area contributed by atoms with Crippen molar-refractivity contribution < 1.29 is 19.6 Å². The van der Waals surface area contributed by atoms with E-state index in [1.807, 2.05) is 6.92 Å². The molecule has 1 atom stereocenters. The van der Waals surface area contributed by atoms with E-state index in [2.05, 4.69) is 5.32 Å². The Kier molecular flexibility index (Phi) is 6.45. The van der Waals surface area contributed by atoms with E-state index in [4.69, 9.17) is 9.84 Å². The first-order valence-corrected chi connectivity index (χ1v) is 6.88. The average molecular weight is 296 g/mol. The zero-order valence-electron chi connectivity index (χ0n) is 12.2. The van der Waals surface area contributed by atoms with Gasteiger partial charge < -0.3 is 15.2 Å². The number of nitrogens with zero attached hydrogens (tertiary/aromatic N) is 1. The number of aliphatic carboxylic acids is 1. The van der Waals surface area contributed by atoms with Crippen LogP contribution in [0.1, 0.15) is 26.7 Å². The van der Waals surface area contributed by atoms with E-state index in [0.29, 0.717) is 13.0 Å². The van der Waals surface area contributed by atoms with Crippen LogP contribution in [0.15, 0.2) is 18.2 Å². The fourth-order valence-corrected chi connectivity index (χ4v) is 2.02. The van der Waals surface area contributed by atoms with Crippen LogP contribution in [-0.4, -0.2) is 29.2 Å². The van der Waals surface area contributed by atoms with Gasteiger partial charge in [-0.15, -0.1) is 0 Å². The highest BCUT2D eigenvalue weighted by atomic mass is 16.6. The minimum Gasteiger partial charge on any atom is -0.487 e. The van der Waals surface area contributed by atoms with Crippen molar-refractivity contribution in [2.75, 3.05) is 18.5 Å². The van der Waals surface area contributed by atoms with Crippen LogP contribution in [0.3, 0.4) is 0 Å². The van der Waals surface area contributed by atoms with Gasteiger partial charge in [-0.2, -0.15) is 0 Å². The van der Waals surface area contributed by atoms with Gasteiger partial charge in [-0.3, -0.25) is 14.9 Å². The maximum Gasteiger partial charge on any atom is 0.333 e. The summed E-state index contributed by atoms with van der Waals surface area (Å²) >= 11 is 0. The molecule has 0 aliphatic rings. The molecule has 1 aromatic rings. The van der Waals surface area contributed by atoms with Gasteiger partial charge >= 0.3 is 11.7 Å². The van der Waals surface area contributed by atoms with Crippen LogP contribution in [-0.2, 0) is 4.79 Å². The van der Waals surface area contributed by atoms with E-state index in [-0.39, 0.29) is 23.7 Å². The third kappa shape index (κ3) is 4.62. The van der Waals surface area contributed by atoms with Gasteiger partial charge in [0.1, 0.15) is 5.69 Å². The largest absolute Gasteiger partial charge is 0.487 e. The monoisotopic (exact) mass is 296 g/mol. The number of benzene rings is 1. The Morgan fingerprint density at radius 3 is 2.71 bits per heavy atom. The molecule has 21 heavy (non-hydrogen) atoms. The van der Waals surface area contributed by atoms with Gasteiger partial charge in [-0.25, -0.2) is 0 Å². The Balaban J connectivity index is 2.94. The minimum atomic E-state index is -0.909. The summed E-state index contributed by atoms with van der Waals surface area (Å²) in [5.74, 6) is -1.31. The zero-order valence-corrected chi connectivity index (χ0v) is 12.2. The number of carboxylic acid groups (broad SMARTS) is 1. The van der Waals surface area contributed by atoms with Gasteiger partial charge in [-0.1, -0.05) is 19.4 Å².